The normalized spacial score (nSPS) is 16.6. The molecule has 1 aromatic rings. The SMILES string of the molecule is CCOc1cc(C(=O)N2CCCC(NC)C2)cc(OCC)c1OCC.Cl. The first-order valence-corrected chi connectivity index (χ1v) is 9.17. The smallest absolute Gasteiger partial charge is 0.254 e. The van der Waals surface area contributed by atoms with Gasteiger partial charge in [0.1, 0.15) is 0 Å². The largest absolute Gasteiger partial charge is 0.490 e. The number of hydrogen-bond acceptors (Lipinski definition) is 5. The Hall–Kier alpha value is -1.66. The molecule has 0 aromatic heterocycles. The van der Waals surface area contributed by atoms with Crippen LogP contribution in [0.4, 0.5) is 0 Å². The number of nitrogens with zero attached hydrogens (tertiary/aromatic N) is 1. The Morgan fingerprint density at radius 3 is 2.19 bits per heavy atom. The predicted octanol–water partition coefficient (Wildman–Crippen LogP) is 3.13. The number of likely N-dealkylation sites (N-methyl/N-ethyl adjacent to an activating group) is 1. The fourth-order valence-corrected chi connectivity index (χ4v) is 3.09. The van der Waals surface area contributed by atoms with Gasteiger partial charge in [0.2, 0.25) is 5.75 Å². The molecule has 1 atom stereocenters. The van der Waals surface area contributed by atoms with E-state index in [1.54, 1.807) is 12.1 Å². The Kier molecular flexibility index (Phi) is 9.59. The average molecular weight is 387 g/mol. The van der Waals surface area contributed by atoms with Crippen LogP contribution in [0.3, 0.4) is 0 Å². The molecule has 7 heteroatoms. The van der Waals surface area contributed by atoms with Crippen LogP contribution < -0.4 is 19.5 Å². The van der Waals surface area contributed by atoms with E-state index in [-0.39, 0.29) is 18.3 Å². The number of carbonyl (C=O) groups is 1. The molecule has 0 spiro atoms. The minimum atomic E-state index is 0. The highest BCUT2D eigenvalue weighted by Gasteiger charge is 2.26. The molecule has 2 rings (SSSR count). The maximum Gasteiger partial charge on any atom is 0.254 e. The summed E-state index contributed by atoms with van der Waals surface area (Å²) in [5, 5.41) is 3.27. The van der Waals surface area contributed by atoms with Crippen LogP contribution >= 0.6 is 12.4 Å². The first-order chi connectivity index (χ1) is 12.1. The Bertz CT molecular complexity index is 556. The molecule has 148 valence electrons. The van der Waals surface area contributed by atoms with Crippen molar-refractivity contribution in [3.8, 4) is 17.2 Å². The Balaban J connectivity index is 0.00000338. The molecule has 1 heterocycles. The molecule has 1 unspecified atom stereocenters. The number of hydrogen-bond donors (Lipinski definition) is 1. The first-order valence-electron chi connectivity index (χ1n) is 9.17. The van der Waals surface area contributed by atoms with Crippen LogP contribution in [0.2, 0.25) is 0 Å². The molecule has 0 aliphatic carbocycles. The van der Waals surface area contributed by atoms with Gasteiger partial charge in [0.05, 0.1) is 19.8 Å². The third-order valence-corrected chi connectivity index (χ3v) is 4.27. The van der Waals surface area contributed by atoms with Crippen LogP contribution in [0, 0.1) is 0 Å². The van der Waals surface area contributed by atoms with Gasteiger partial charge in [-0.3, -0.25) is 4.79 Å². The summed E-state index contributed by atoms with van der Waals surface area (Å²) in [4.78, 5) is 14.9. The van der Waals surface area contributed by atoms with E-state index in [0.29, 0.717) is 48.7 Å². The third kappa shape index (κ3) is 5.42. The summed E-state index contributed by atoms with van der Waals surface area (Å²) >= 11 is 0. The predicted molar refractivity (Wildman–Crippen MR) is 105 cm³/mol. The average Bonchev–Trinajstić information content (AvgIpc) is 2.64. The van der Waals surface area contributed by atoms with E-state index in [0.717, 1.165) is 25.9 Å². The summed E-state index contributed by atoms with van der Waals surface area (Å²) in [6.45, 7) is 8.72. The Morgan fingerprint density at radius 1 is 1.12 bits per heavy atom. The molecule has 1 aromatic carbocycles. The van der Waals surface area contributed by atoms with Gasteiger partial charge in [0, 0.05) is 24.7 Å². The van der Waals surface area contributed by atoms with Crippen LogP contribution in [0.25, 0.3) is 0 Å². The van der Waals surface area contributed by atoms with Crippen molar-refractivity contribution >= 4 is 18.3 Å². The van der Waals surface area contributed by atoms with Crippen molar-refractivity contribution in [2.75, 3.05) is 40.0 Å². The second-order valence-corrected chi connectivity index (χ2v) is 5.98. The lowest BCUT2D eigenvalue weighted by atomic mass is 10.0. The molecular formula is C19H31ClN2O4. The zero-order valence-corrected chi connectivity index (χ0v) is 17.0. The van der Waals surface area contributed by atoms with E-state index in [9.17, 15) is 4.79 Å². The van der Waals surface area contributed by atoms with Gasteiger partial charge in [-0.15, -0.1) is 12.4 Å². The highest BCUT2D eigenvalue weighted by Crippen LogP contribution is 2.39. The van der Waals surface area contributed by atoms with E-state index >= 15 is 0 Å². The van der Waals surface area contributed by atoms with Crippen molar-refractivity contribution in [2.24, 2.45) is 0 Å². The van der Waals surface area contributed by atoms with Crippen molar-refractivity contribution in [3.63, 3.8) is 0 Å². The third-order valence-electron chi connectivity index (χ3n) is 4.27. The van der Waals surface area contributed by atoms with Crippen molar-refractivity contribution in [1.82, 2.24) is 10.2 Å². The zero-order valence-electron chi connectivity index (χ0n) is 16.2. The number of piperidine rings is 1. The second-order valence-electron chi connectivity index (χ2n) is 5.98. The number of nitrogens with one attached hydrogen (secondary N) is 1. The zero-order chi connectivity index (χ0) is 18.2. The lowest BCUT2D eigenvalue weighted by Gasteiger charge is -2.32. The fourth-order valence-electron chi connectivity index (χ4n) is 3.09. The summed E-state index contributed by atoms with van der Waals surface area (Å²) < 4.78 is 17.1. The van der Waals surface area contributed by atoms with E-state index < -0.39 is 0 Å². The van der Waals surface area contributed by atoms with Gasteiger partial charge in [0.25, 0.3) is 5.91 Å². The molecular weight excluding hydrogens is 356 g/mol. The van der Waals surface area contributed by atoms with Crippen LogP contribution in [0.1, 0.15) is 44.0 Å². The number of amides is 1. The topological polar surface area (TPSA) is 60.0 Å². The first kappa shape index (κ1) is 22.4. The van der Waals surface area contributed by atoms with Crippen LogP contribution in [0.5, 0.6) is 17.2 Å². The maximum absolute atomic E-state index is 13.0. The lowest BCUT2D eigenvalue weighted by Crippen LogP contribution is -2.46. The number of rotatable bonds is 8. The second kappa shape index (κ2) is 11.1. The number of carbonyl (C=O) groups excluding carboxylic acids is 1. The summed E-state index contributed by atoms with van der Waals surface area (Å²) in [6, 6.07) is 3.88. The van der Waals surface area contributed by atoms with Crippen LogP contribution in [-0.2, 0) is 0 Å². The highest BCUT2D eigenvalue weighted by molar-refractivity contribution is 5.95. The van der Waals surface area contributed by atoms with Gasteiger partial charge in [-0.1, -0.05) is 0 Å². The minimum absolute atomic E-state index is 0. The van der Waals surface area contributed by atoms with Gasteiger partial charge in [-0.25, -0.2) is 0 Å². The van der Waals surface area contributed by atoms with Crippen molar-refractivity contribution < 1.29 is 19.0 Å². The van der Waals surface area contributed by atoms with E-state index in [1.807, 2.05) is 32.7 Å². The fraction of sp³-hybridized carbons (Fsp3) is 0.632. The molecule has 1 aliphatic heterocycles. The Morgan fingerprint density at radius 2 is 1.69 bits per heavy atom. The quantitative estimate of drug-likeness (QED) is 0.743. The molecule has 0 saturated carbocycles. The van der Waals surface area contributed by atoms with Gasteiger partial charge in [0.15, 0.2) is 11.5 Å². The number of halogens is 1. The molecule has 0 bridgehead atoms. The standard InChI is InChI=1S/C19H30N2O4.ClH/c1-5-23-16-11-14(12-17(24-6-2)18(16)25-7-3)19(22)21-10-8-9-15(13-21)20-4;/h11-12,15,20H,5-10,13H2,1-4H3;1H. The highest BCUT2D eigenvalue weighted by atomic mass is 35.5. The van der Waals surface area contributed by atoms with Crippen molar-refractivity contribution in [1.29, 1.82) is 0 Å². The Labute approximate surface area is 162 Å². The molecule has 0 radical (unpaired) electrons. The summed E-state index contributed by atoms with van der Waals surface area (Å²) in [5.41, 5.74) is 0.576. The summed E-state index contributed by atoms with van der Waals surface area (Å²) in [6.07, 6.45) is 2.10. The van der Waals surface area contributed by atoms with E-state index in [2.05, 4.69) is 5.32 Å². The van der Waals surface area contributed by atoms with Crippen molar-refractivity contribution in [2.45, 2.75) is 39.7 Å². The molecule has 1 N–H and O–H groups in total. The number of likely N-dealkylation sites (tertiary alicyclic amines) is 1. The van der Waals surface area contributed by atoms with Gasteiger partial charge in [-0.2, -0.15) is 0 Å². The van der Waals surface area contributed by atoms with Gasteiger partial charge in [-0.05, 0) is 52.8 Å². The molecule has 26 heavy (non-hydrogen) atoms. The van der Waals surface area contributed by atoms with Crippen LogP contribution in [-0.4, -0.2) is 56.8 Å². The summed E-state index contributed by atoms with van der Waals surface area (Å²) in [5.74, 6) is 1.68. The molecule has 1 saturated heterocycles. The minimum Gasteiger partial charge on any atom is -0.490 e. The molecule has 1 fully saturated rings. The number of benzene rings is 1. The van der Waals surface area contributed by atoms with Gasteiger partial charge < -0.3 is 24.4 Å². The molecule has 1 aliphatic rings. The van der Waals surface area contributed by atoms with E-state index in [1.165, 1.54) is 0 Å². The lowest BCUT2D eigenvalue weighted by molar-refractivity contribution is 0.0697. The van der Waals surface area contributed by atoms with E-state index in [4.69, 9.17) is 14.2 Å². The van der Waals surface area contributed by atoms with Crippen LogP contribution in [0.15, 0.2) is 12.1 Å². The monoisotopic (exact) mass is 386 g/mol. The maximum atomic E-state index is 13.0. The van der Waals surface area contributed by atoms with Crippen molar-refractivity contribution in [3.05, 3.63) is 17.7 Å². The summed E-state index contributed by atoms with van der Waals surface area (Å²) in [7, 11) is 1.94. The molecule has 6 nitrogen and oxygen atoms in total. The molecule has 1 amide bonds. The van der Waals surface area contributed by atoms with Gasteiger partial charge >= 0.3 is 0 Å². The number of ether oxygens (including phenoxy) is 3.